The van der Waals surface area contributed by atoms with Crippen molar-refractivity contribution in [2.45, 2.75) is 38.1 Å². The van der Waals surface area contributed by atoms with Gasteiger partial charge in [-0.05, 0) is 37.0 Å². The fraction of sp³-hybridized carbons (Fsp3) is 0.500. The quantitative estimate of drug-likeness (QED) is 0.864. The summed E-state index contributed by atoms with van der Waals surface area (Å²) < 4.78 is 0. The first-order valence-corrected chi connectivity index (χ1v) is 6.90. The molecule has 1 aromatic rings. The number of hydrogen-bond donors (Lipinski definition) is 2. The molecule has 1 fully saturated rings. The van der Waals surface area contributed by atoms with Crippen molar-refractivity contribution in [2.24, 2.45) is 0 Å². The van der Waals surface area contributed by atoms with Gasteiger partial charge in [0, 0.05) is 17.6 Å². The molecule has 0 atom stereocenters. The number of carbonyl (C=O) groups is 1. The van der Waals surface area contributed by atoms with E-state index in [0.29, 0.717) is 12.6 Å². The molecule has 0 bridgehead atoms. The van der Waals surface area contributed by atoms with E-state index < -0.39 is 0 Å². The molecule has 3 nitrogen and oxygen atoms in total. The molecule has 2 N–H and O–H groups in total. The van der Waals surface area contributed by atoms with E-state index in [4.69, 9.17) is 11.6 Å². The molecule has 0 aromatic heterocycles. The summed E-state index contributed by atoms with van der Waals surface area (Å²) in [5.74, 6) is 0. The SMILES string of the molecule is O=C(NCCc1cccc(Cl)c1)NC1CCCC1. The van der Waals surface area contributed by atoms with E-state index in [1.165, 1.54) is 12.8 Å². The normalized spacial score (nSPS) is 15.6. The summed E-state index contributed by atoms with van der Waals surface area (Å²) in [4.78, 5) is 11.6. The van der Waals surface area contributed by atoms with Gasteiger partial charge >= 0.3 is 6.03 Å². The van der Waals surface area contributed by atoms with Gasteiger partial charge in [-0.3, -0.25) is 0 Å². The predicted octanol–water partition coefficient (Wildman–Crippen LogP) is 3.12. The maximum absolute atomic E-state index is 11.6. The molecule has 2 rings (SSSR count). The van der Waals surface area contributed by atoms with Crippen LogP contribution in [0.2, 0.25) is 5.02 Å². The molecule has 0 heterocycles. The summed E-state index contributed by atoms with van der Waals surface area (Å²) in [7, 11) is 0. The third kappa shape index (κ3) is 4.22. The highest BCUT2D eigenvalue weighted by Crippen LogP contribution is 2.17. The third-order valence-electron chi connectivity index (χ3n) is 3.28. The monoisotopic (exact) mass is 266 g/mol. The van der Waals surface area contributed by atoms with Gasteiger partial charge in [-0.1, -0.05) is 36.6 Å². The minimum Gasteiger partial charge on any atom is -0.338 e. The van der Waals surface area contributed by atoms with Gasteiger partial charge in [-0.2, -0.15) is 0 Å². The summed E-state index contributed by atoms with van der Waals surface area (Å²) in [6.45, 7) is 0.638. The Morgan fingerprint density at radius 2 is 2.11 bits per heavy atom. The molecule has 0 unspecified atom stereocenters. The lowest BCUT2D eigenvalue weighted by atomic mass is 10.1. The first kappa shape index (κ1) is 13.2. The fourth-order valence-electron chi connectivity index (χ4n) is 2.32. The number of halogens is 1. The number of hydrogen-bond acceptors (Lipinski definition) is 1. The number of rotatable bonds is 4. The Balaban J connectivity index is 1.66. The smallest absolute Gasteiger partial charge is 0.315 e. The Morgan fingerprint density at radius 1 is 1.33 bits per heavy atom. The maximum Gasteiger partial charge on any atom is 0.315 e. The van der Waals surface area contributed by atoms with Crippen LogP contribution in [0.3, 0.4) is 0 Å². The van der Waals surface area contributed by atoms with E-state index in [9.17, 15) is 4.79 Å². The molecule has 98 valence electrons. The van der Waals surface area contributed by atoms with E-state index in [-0.39, 0.29) is 6.03 Å². The molecular weight excluding hydrogens is 248 g/mol. The van der Waals surface area contributed by atoms with Crippen LogP contribution in [0, 0.1) is 0 Å². The number of carbonyl (C=O) groups excluding carboxylic acids is 1. The van der Waals surface area contributed by atoms with Crippen LogP contribution in [-0.2, 0) is 6.42 Å². The minimum absolute atomic E-state index is 0.0519. The largest absolute Gasteiger partial charge is 0.338 e. The van der Waals surface area contributed by atoms with Gasteiger partial charge < -0.3 is 10.6 Å². The summed E-state index contributed by atoms with van der Waals surface area (Å²) >= 11 is 5.90. The van der Waals surface area contributed by atoms with Gasteiger partial charge in [0.15, 0.2) is 0 Å². The van der Waals surface area contributed by atoms with Crippen molar-refractivity contribution in [1.29, 1.82) is 0 Å². The predicted molar refractivity (Wildman–Crippen MR) is 73.9 cm³/mol. The Hall–Kier alpha value is -1.22. The number of nitrogens with one attached hydrogen (secondary N) is 2. The zero-order valence-corrected chi connectivity index (χ0v) is 11.2. The highest BCUT2D eigenvalue weighted by molar-refractivity contribution is 6.30. The Kier molecular flexibility index (Phi) is 4.88. The number of urea groups is 1. The van der Waals surface area contributed by atoms with Crippen molar-refractivity contribution in [3.05, 3.63) is 34.9 Å². The van der Waals surface area contributed by atoms with Crippen molar-refractivity contribution in [3.63, 3.8) is 0 Å². The highest BCUT2D eigenvalue weighted by Gasteiger charge is 2.16. The molecule has 0 saturated heterocycles. The topological polar surface area (TPSA) is 41.1 Å². The maximum atomic E-state index is 11.6. The van der Waals surface area contributed by atoms with Crippen LogP contribution in [0.1, 0.15) is 31.2 Å². The van der Waals surface area contributed by atoms with Crippen molar-refractivity contribution in [2.75, 3.05) is 6.54 Å². The zero-order chi connectivity index (χ0) is 12.8. The van der Waals surface area contributed by atoms with Gasteiger partial charge in [-0.15, -0.1) is 0 Å². The van der Waals surface area contributed by atoms with Gasteiger partial charge in [-0.25, -0.2) is 4.79 Å². The summed E-state index contributed by atoms with van der Waals surface area (Å²) in [5.41, 5.74) is 1.14. The molecule has 1 aliphatic rings. The van der Waals surface area contributed by atoms with Crippen LogP contribution in [0.5, 0.6) is 0 Å². The first-order valence-electron chi connectivity index (χ1n) is 6.53. The second kappa shape index (κ2) is 6.64. The van der Waals surface area contributed by atoms with Gasteiger partial charge in [0.25, 0.3) is 0 Å². The van der Waals surface area contributed by atoms with Crippen LogP contribution in [-0.4, -0.2) is 18.6 Å². The Labute approximate surface area is 113 Å². The molecular formula is C14H19ClN2O. The standard InChI is InChI=1S/C14H19ClN2O/c15-12-5-3-4-11(10-12)8-9-16-14(18)17-13-6-1-2-7-13/h3-5,10,13H,1-2,6-9H2,(H2,16,17,18). The third-order valence-corrected chi connectivity index (χ3v) is 3.51. The molecule has 4 heteroatoms. The average Bonchev–Trinajstić information content (AvgIpc) is 2.82. The van der Waals surface area contributed by atoms with Gasteiger partial charge in [0.05, 0.1) is 0 Å². The highest BCUT2D eigenvalue weighted by atomic mass is 35.5. The van der Waals surface area contributed by atoms with E-state index in [0.717, 1.165) is 29.8 Å². The van der Waals surface area contributed by atoms with Crippen LogP contribution in [0.4, 0.5) is 4.79 Å². The van der Waals surface area contributed by atoms with Crippen molar-refractivity contribution >= 4 is 17.6 Å². The lowest BCUT2D eigenvalue weighted by Gasteiger charge is -2.12. The molecule has 0 aliphatic heterocycles. The van der Waals surface area contributed by atoms with E-state index >= 15 is 0 Å². The molecule has 18 heavy (non-hydrogen) atoms. The molecule has 1 aromatic carbocycles. The molecule has 0 radical (unpaired) electrons. The first-order chi connectivity index (χ1) is 8.74. The van der Waals surface area contributed by atoms with Gasteiger partial charge in [0.1, 0.15) is 0 Å². The van der Waals surface area contributed by atoms with Crippen LogP contribution >= 0.6 is 11.6 Å². The van der Waals surface area contributed by atoms with Crippen molar-refractivity contribution in [1.82, 2.24) is 10.6 Å². The van der Waals surface area contributed by atoms with Crippen LogP contribution in [0.15, 0.2) is 24.3 Å². The molecule has 0 spiro atoms. The number of benzene rings is 1. The second-order valence-electron chi connectivity index (χ2n) is 4.76. The molecule has 1 saturated carbocycles. The average molecular weight is 267 g/mol. The Bertz CT molecular complexity index is 403. The molecule has 2 amide bonds. The lowest BCUT2D eigenvalue weighted by molar-refractivity contribution is 0.237. The van der Waals surface area contributed by atoms with Crippen LogP contribution < -0.4 is 10.6 Å². The summed E-state index contributed by atoms with van der Waals surface area (Å²) in [6, 6.07) is 8.04. The van der Waals surface area contributed by atoms with Gasteiger partial charge in [0.2, 0.25) is 0 Å². The fourth-order valence-corrected chi connectivity index (χ4v) is 2.53. The van der Waals surface area contributed by atoms with Crippen LogP contribution in [0.25, 0.3) is 0 Å². The molecule has 1 aliphatic carbocycles. The van der Waals surface area contributed by atoms with Crippen molar-refractivity contribution in [3.8, 4) is 0 Å². The number of amides is 2. The minimum atomic E-state index is -0.0519. The Morgan fingerprint density at radius 3 is 2.83 bits per heavy atom. The van der Waals surface area contributed by atoms with E-state index in [2.05, 4.69) is 10.6 Å². The van der Waals surface area contributed by atoms with E-state index in [1.807, 2.05) is 24.3 Å². The summed E-state index contributed by atoms with van der Waals surface area (Å²) in [6.07, 6.45) is 5.49. The lowest BCUT2D eigenvalue weighted by Crippen LogP contribution is -2.41. The summed E-state index contributed by atoms with van der Waals surface area (Å²) in [5, 5.41) is 6.62. The second-order valence-corrected chi connectivity index (χ2v) is 5.20. The van der Waals surface area contributed by atoms with E-state index in [1.54, 1.807) is 0 Å². The zero-order valence-electron chi connectivity index (χ0n) is 10.4. The van der Waals surface area contributed by atoms with Crippen molar-refractivity contribution < 1.29 is 4.79 Å².